The highest BCUT2D eigenvalue weighted by Crippen LogP contribution is 2.26. The summed E-state index contributed by atoms with van der Waals surface area (Å²) in [4.78, 5) is 29.5. The average molecular weight is 283 g/mol. The van der Waals surface area contributed by atoms with Gasteiger partial charge in [0.05, 0.1) is 5.92 Å². The molecular weight excluding hydrogens is 258 g/mol. The van der Waals surface area contributed by atoms with Crippen molar-refractivity contribution in [3.63, 3.8) is 0 Å². The number of carbonyl (C=O) groups excluding carboxylic acids is 1. The summed E-state index contributed by atoms with van der Waals surface area (Å²) in [5.41, 5.74) is 0. The molecule has 2 unspecified atom stereocenters. The Hall–Kier alpha value is -1.30. The summed E-state index contributed by atoms with van der Waals surface area (Å²) in [5, 5.41) is 9.14. The van der Waals surface area contributed by atoms with Gasteiger partial charge in [-0.25, -0.2) is 4.79 Å². The Morgan fingerprint density at radius 3 is 2.25 bits per heavy atom. The topological polar surface area (TPSA) is 64.1 Å². The van der Waals surface area contributed by atoms with Crippen molar-refractivity contribution in [2.75, 3.05) is 33.7 Å². The van der Waals surface area contributed by atoms with Crippen LogP contribution in [0.25, 0.3) is 0 Å². The van der Waals surface area contributed by atoms with E-state index < -0.39 is 11.9 Å². The molecular formula is C14H25N3O3. The predicted octanol–water partition coefficient (Wildman–Crippen LogP) is 0.927. The predicted molar refractivity (Wildman–Crippen MR) is 75.6 cm³/mol. The van der Waals surface area contributed by atoms with Gasteiger partial charge in [-0.05, 0) is 46.3 Å². The first-order chi connectivity index (χ1) is 9.41. The van der Waals surface area contributed by atoms with Gasteiger partial charge in [-0.2, -0.15) is 0 Å². The summed E-state index contributed by atoms with van der Waals surface area (Å²) in [6.07, 6.45) is 2.54. The molecule has 20 heavy (non-hydrogen) atoms. The number of hydrogen-bond acceptors (Lipinski definition) is 3. The minimum Gasteiger partial charge on any atom is -0.481 e. The van der Waals surface area contributed by atoms with Gasteiger partial charge in [0.15, 0.2) is 0 Å². The third-order valence-electron chi connectivity index (χ3n) is 4.86. The highest BCUT2D eigenvalue weighted by Gasteiger charge is 2.40. The van der Waals surface area contributed by atoms with Gasteiger partial charge >= 0.3 is 12.0 Å². The van der Waals surface area contributed by atoms with E-state index in [1.807, 2.05) is 18.9 Å². The Balaban J connectivity index is 1.95. The number of nitrogens with zero attached hydrogens (tertiary/aromatic N) is 3. The van der Waals surface area contributed by atoms with Crippen molar-refractivity contribution in [3.05, 3.63) is 0 Å². The summed E-state index contributed by atoms with van der Waals surface area (Å²) in [5.74, 6) is -1.22. The molecule has 0 aromatic rings. The summed E-state index contributed by atoms with van der Waals surface area (Å²) in [6.45, 7) is 4.41. The van der Waals surface area contributed by atoms with Gasteiger partial charge in [0, 0.05) is 25.7 Å². The molecule has 2 amide bonds. The standard InChI is InChI=1S/C14H25N3O3/c1-10-12(13(18)19)6-9-17(10)14(20)16(3)11-4-7-15(2)8-5-11/h10-12H,4-9H2,1-3H3,(H,18,19). The second-order valence-electron chi connectivity index (χ2n) is 6.10. The van der Waals surface area contributed by atoms with Gasteiger partial charge in [0.25, 0.3) is 0 Å². The highest BCUT2D eigenvalue weighted by atomic mass is 16.4. The maximum absolute atomic E-state index is 12.5. The molecule has 2 aliphatic rings. The number of likely N-dealkylation sites (tertiary alicyclic amines) is 2. The lowest BCUT2D eigenvalue weighted by Gasteiger charge is -2.38. The fourth-order valence-electron chi connectivity index (χ4n) is 3.28. The van der Waals surface area contributed by atoms with Crippen molar-refractivity contribution < 1.29 is 14.7 Å². The van der Waals surface area contributed by atoms with Gasteiger partial charge in [0.2, 0.25) is 0 Å². The molecule has 0 spiro atoms. The van der Waals surface area contributed by atoms with Gasteiger partial charge in [-0.3, -0.25) is 4.79 Å². The normalized spacial score (nSPS) is 28.6. The van der Waals surface area contributed by atoms with E-state index in [1.54, 1.807) is 4.90 Å². The lowest BCUT2D eigenvalue weighted by molar-refractivity contribution is -0.142. The van der Waals surface area contributed by atoms with E-state index in [9.17, 15) is 9.59 Å². The smallest absolute Gasteiger partial charge is 0.320 e. The Labute approximate surface area is 120 Å². The summed E-state index contributed by atoms with van der Waals surface area (Å²) in [6, 6.07) is 0.0410. The molecule has 0 bridgehead atoms. The zero-order valence-corrected chi connectivity index (χ0v) is 12.6. The molecule has 2 atom stereocenters. The molecule has 0 aromatic carbocycles. The van der Waals surface area contributed by atoms with Gasteiger partial charge in [-0.1, -0.05) is 0 Å². The number of hydrogen-bond donors (Lipinski definition) is 1. The number of rotatable bonds is 2. The second kappa shape index (κ2) is 5.99. The number of urea groups is 1. The van der Waals surface area contributed by atoms with E-state index >= 15 is 0 Å². The average Bonchev–Trinajstić information content (AvgIpc) is 2.80. The lowest BCUT2D eigenvalue weighted by atomic mass is 10.0. The molecule has 2 aliphatic heterocycles. The van der Waals surface area contributed by atoms with Crippen LogP contribution in [0.2, 0.25) is 0 Å². The zero-order chi connectivity index (χ0) is 14.9. The van der Waals surface area contributed by atoms with E-state index in [-0.39, 0.29) is 18.1 Å². The maximum atomic E-state index is 12.5. The second-order valence-corrected chi connectivity index (χ2v) is 6.10. The lowest BCUT2D eigenvalue weighted by Crippen LogP contribution is -2.51. The van der Waals surface area contributed by atoms with Crippen molar-refractivity contribution in [2.24, 2.45) is 5.92 Å². The molecule has 6 heteroatoms. The van der Waals surface area contributed by atoms with Gasteiger partial charge < -0.3 is 19.8 Å². The fourth-order valence-corrected chi connectivity index (χ4v) is 3.28. The Kier molecular flexibility index (Phi) is 4.52. The van der Waals surface area contributed by atoms with E-state index in [1.165, 1.54) is 0 Å². The van der Waals surface area contributed by atoms with E-state index in [0.717, 1.165) is 25.9 Å². The van der Waals surface area contributed by atoms with Crippen LogP contribution >= 0.6 is 0 Å². The first-order valence-electron chi connectivity index (χ1n) is 7.36. The number of carboxylic acid groups (broad SMARTS) is 1. The van der Waals surface area contributed by atoms with Crippen molar-refractivity contribution in [2.45, 2.75) is 38.3 Å². The van der Waals surface area contributed by atoms with Crippen molar-refractivity contribution in [1.29, 1.82) is 0 Å². The van der Waals surface area contributed by atoms with Crippen LogP contribution in [0.3, 0.4) is 0 Å². The molecule has 2 rings (SSSR count). The Morgan fingerprint density at radius 1 is 1.15 bits per heavy atom. The summed E-state index contributed by atoms with van der Waals surface area (Å²) in [7, 11) is 3.94. The SMILES string of the molecule is CC1C(C(=O)O)CCN1C(=O)N(C)C1CCN(C)CC1. The molecule has 2 saturated heterocycles. The highest BCUT2D eigenvalue weighted by molar-refractivity contribution is 5.78. The minimum atomic E-state index is -0.797. The first kappa shape index (κ1) is 15.1. The number of piperidine rings is 1. The maximum Gasteiger partial charge on any atom is 0.320 e. The molecule has 0 radical (unpaired) electrons. The quantitative estimate of drug-likeness (QED) is 0.819. The van der Waals surface area contributed by atoms with Crippen LogP contribution < -0.4 is 0 Å². The summed E-state index contributed by atoms with van der Waals surface area (Å²) < 4.78 is 0. The molecule has 2 fully saturated rings. The van der Waals surface area contributed by atoms with Crippen LogP contribution in [-0.4, -0.2) is 77.6 Å². The van der Waals surface area contributed by atoms with E-state index in [4.69, 9.17) is 5.11 Å². The van der Waals surface area contributed by atoms with Crippen molar-refractivity contribution >= 4 is 12.0 Å². The molecule has 114 valence electrons. The molecule has 2 heterocycles. The Morgan fingerprint density at radius 2 is 1.75 bits per heavy atom. The van der Waals surface area contributed by atoms with Gasteiger partial charge in [0.1, 0.15) is 0 Å². The van der Waals surface area contributed by atoms with E-state index in [2.05, 4.69) is 11.9 Å². The van der Waals surface area contributed by atoms with Crippen LogP contribution in [0.1, 0.15) is 26.2 Å². The largest absolute Gasteiger partial charge is 0.481 e. The van der Waals surface area contributed by atoms with Crippen molar-refractivity contribution in [1.82, 2.24) is 14.7 Å². The number of carboxylic acids is 1. The monoisotopic (exact) mass is 283 g/mol. The minimum absolute atomic E-state index is 0.0178. The zero-order valence-electron chi connectivity index (χ0n) is 12.6. The number of amides is 2. The van der Waals surface area contributed by atoms with Gasteiger partial charge in [-0.15, -0.1) is 0 Å². The van der Waals surface area contributed by atoms with Crippen LogP contribution in [0.15, 0.2) is 0 Å². The fraction of sp³-hybridized carbons (Fsp3) is 0.857. The third kappa shape index (κ3) is 2.90. The Bertz CT molecular complexity index is 380. The number of aliphatic carboxylic acids is 1. The number of carbonyl (C=O) groups is 2. The molecule has 6 nitrogen and oxygen atoms in total. The van der Waals surface area contributed by atoms with Crippen LogP contribution in [0.4, 0.5) is 4.79 Å². The third-order valence-corrected chi connectivity index (χ3v) is 4.86. The summed E-state index contributed by atoms with van der Waals surface area (Å²) >= 11 is 0. The molecule has 0 aromatic heterocycles. The molecule has 0 saturated carbocycles. The van der Waals surface area contributed by atoms with Crippen LogP contribution in [0, 0.1) is 5.92 Å². The first-order valence-corrected chi connectivity index (χ1v) is 7.36. The molecule has 1 N–H and O–H groups in total. The van der Waals surface area contributed by atoms with E-state index in [0.29, 0.717) is 13.0 Å². The van der Waals surface area contributed by atoms with Crippen LogP contribution in [-0.2, 0) is 4.79 Å². The van der Waals surface area contributed by atoms with Crippen molar-refractivity contribution in [3.8, 4) is 0 Å². The van der Waals surface area contributed by atoms with Crippen LogP contribution in [0.5, 0.6) is 0 Å². The molecule has 0 aliphatic carbocycles.